The third-order valence-electron chi connectivity index (χ3n) is 9.13. The highest BCUT2D eigenvalue weighted by atomic mass is 16.5. The highest BCUT2D eigenvalue weighted by molar-refractivity contribution is 5.91. The third-order valence-corrected chi connectivity index (χ3v) is 9.13. The summed E-state index contributed by atoms with van der Waals surface area (Å²) in [7, 11) is 2.11. The first-order valence-electron chi connectivity index (χ1n) is 15.7. The Morgan fingerprint density at radius 1 is 1.09 bits per heavy atom. The van der Waals surface area contributed by atoms with Gasteiger partial charge in [0.2, 0.25) is 5.91 Å². The fraction of sp³-hybridized carbons (Fsp3) is 0.324. The summed E-state index contributed by atoms with van der Waals surface area (Å²) < 4.78 is 14.4. The Morgan fingerprint density at radius 3 is 2.89 bits per heavy atom. The number of carbonyl (C=O) groups excluding carboxylic acids is 1. The number of rotatable bonds is 6. The number of ether oxygens (including phenoxy) is 2. The van der Waals surface area contributed by atoms with E-state index >= 15 is 0 Å². The Bertz CT molecular complexity index is 1970. The Balaban J connectivity index is 1.00. The van der Waals surface area contributed by atoms with Crippen LogP contribution in [-0.2, 0) is 4.79 Å². The van der Waals surface area contributed by atoms with Crippen molar-refractivity contribution in [1.82, 2.24) is 34.1 Å². The molecule has 0 saturated carbocycles. The van der Waals surface area contributed by atoms with Gasteiger partial charge in [0.1, 0.15) is 35.6 Å². The van der Waals surface area contributed by atoms with Crippen LogP contribution in [0.5, 0.6) is 17.2 Å². The van der Waals surface area contributed by atoms with E-state index in [1.54, 1.807) is 12.3 Å². The number of hydrogen-bond acceptors (Lipinski definition) is 10. The van der Waals surface area contributed by atoms with Gasteiger partial charge in [-0.3, -0.25) is 9.69 Å². The summed E-state index contributed by atoms with van der Waals surface area (Å²) in [5, 5.41) is 3.43. The molecule has 234 valence electrons. The summed E-state index contributed by atoms with van der Waals surface area (Å²) in [5.41, 5.74) is 3.97. The molecule has 2 bridgehead atoms. The Labute approximate surface area is 266 Å². The molecule has 7 heterocycles. The van der Waals surface area contributed by atoms with Gasteiger partial charge < -0.3 is 29.0 Å². The second kappa shape index (κ2) is 11.6. The smallest absolute Gasteiger partial charge is 0.246 e. The molecule has 12 nitrogen and oxygen atoms in total. The lowest BCUT2D eigenvalue weighted by Crippen LogP contribution is -2.56. The fourth-order valence-electron chi connectivity index (χ4n) is 6.58. The van der Waals surface area contributed by atoms with Crippen LogP contribution < -0.4 is 19.7 Å². The Hall–Kier alpha value is -5.23. The van der Waals surface area contributed by atoms with Gasteiger partial charge in [0.05, 0.1) is 11.6 Å². The van der Waals surface area contributed by atoms with E-state index in [2.05, 4.69) is 43.2 Å². The predicted octanol–water partition coefficient (Wildman–Crippen LogP) is 4.58. The molecule has 8 rings (SSSR count). The topological polar surface area (TPSA) is 113 Å². The van der Waals surface area contributed by atoms with E-state index in [1.165, 1.54) is 12.7 Å². The second-order valence-electron chi connectivity index (χ2n) is 12.2. The largest absolute Gasteiger partial charge is 0.487 e. The van der Waals surface area contributed by atoms with E-state index in [0.29, 0.717) is 54.9 Å². The first-order chi connectivity index (χ1) is 22.5. The summed E-state index contributed by atoms with van der Waals surface area (Å²) in [6.07, 6.45) is 13.2. The number of aromatic nitrogens is 5. The number of nitrogens with one attached hydrogen (secondary N) is 1. The number of aryl methyl sites for hydroxylation is 1. The molecular formula is C34H35N9O3. The van der Waals surface area contributed by atoms with E-state index in [-0.39, 0.29) is 11.9 Å². The van der Waals surface area contributed by atoms with Gasteiger partial charge >= 0.3 is 0 Å². The normalized spacial score (nSPS) is 19.8. The van der Waals surface area contributed by atoms with Gasteiger partial charge in [0, 0.05) is 68.2 Å². The van der Waals surface area contributed by atoms with Crippen LogP contribution in [0.3, 0.4) is 0 Å². The van der Waals surface area contributed by atoms with Crippen LogP contribution in [0.25, 0.3) is 16.7 Å². The number of hydrogen-bond donors (Lipinski definition) is 1. The van der Waals surface area contributed by atoms with E-state index in [4.69, 9.17) is 14.5 Å². The zero-order valence-electron chi connectivity index (χ0n) is 25.8. The molecule has 0 radical (unpaired) electrons. The molecule has 1 amide bonds. The number of fused-ring (bicyclic) bond motifs is 6. The number of amides is 1. The molecular weight excluding hydrogens is 582 g/mol. The molecule has 12 heteroatoms. The Kier molecular flexibility index (Phi) is 7.13. The molecule has 0 aliphatic carbocycles. The van der Waals surface area contributed by atoms with Crippen LogP contribution >= 0.6 is 0 Å². The fourth-order valence-corrected chi connectivity index (χ4v) is 6.58. The van der Waals surface area contributed by atoms with E-state index in [0.717, 1.165) is 47.2 Å². The van der Waals surface area contributed by atoms with Gasteiger partial charge in [-0.2, -0.15) is 0 Å². The average Bonchev–Trinajstić information content (AvgIpc) is 3.68. The molecule has 1 aromatic carbocycles. The van der Waals surface area contributed by atoms with Crippen LogP contribution in [0.4, 0.5) is 17.3 Å². The monoisotopic (exact) mass is 617 g/mol. The number of imidazole rings is 1. The summed E-state index contributed by atoms with van der Waals surface area (Å²) >= 11 is 0. The highest BCUT2D eigenvalue weighted by Crippen LogP contribution is 2.36. The molecule has 2 atom stereocenters. The van der Waals surface area contributed by atoms with Gasteiger partial charge in [0.15, 0.2) is 17.4 Å². The summed E-state index contributed by atoms with van der Waals surface area (Å²) in [4.78, 5) is 38.1. The molecule has 2 saturated heterocycles. The number of nitrogens with zero attached hydrogens (tertiary/aromatic N) is 8. The molecule has 46 heavy (non-hydrogen) atoms. The molecule has 3 aliphatic heterocycles. The average molecular weight is 618 g/mol. The molecule has 3 aliphatic rings. The number of likely N-dealkylation sites (N-methyl/N-ethyl adjacent to an activating group) is 1. The van der Waals surface area contributed by atoms with Gasteiger partial charge in [-0.25, -0.2) is 19.9 Å². The minimum atomic E-state index is -0.0708. The van der Waals surface area contributed by atoms with Crippen molar-refractivity contribution in [3.05, 3.63) is 79.0 Å². The maximum Gasteiger partial charge on any atom is 0.246 e. The first-order valence-corrected chi connectivity index (χ1v) is 15.7. The lowest BCUT2D eigenvalue weighted by Gasteiger charge is -2.39. The maximum absolute atomic E-state index is 13.2. The van der Waals surface area contributed by atoms with Gasteiger partial charge in [-0.15, -0.1) is 0 Å². The van der Waals surface area contributed by atoms with Gasteiger partial charge in [-0.1, -0.05) is 6.08 Å². The lowest BCUT2D eigenvalue weighted by molar-refractivity contribution is -0.129. The quantitative estimate of drug-likeness (QED) is 0.272. The third kappa shape index (κ3) is 5.34. The van der Waals surface area contributed by atoms with Crippen LogP contribution in [-0.4, -0.2) is 92.0 Å². The summed E-state index contributed by atoms with van der Waals surface area (Å²) in [5.74, 6) is 3.53. The van der Waals surface area contributed by atoms with Gasteiger partial charge in [0.25, 0.3) is 0 Å². The van der Waals surface area contributed by atoms with Crippen molar-refractivity contribution < 1.29 is 14.3 Å². The number of anilines is 3. The number of benzene rings is 1. The minimum Gasteiger partial charge on any atom is -0.487 e. The minimum absolute atomic E-state index is 0.0424. The number of piperazine rings is 1. The van der Waals surface area contributed by atoms with E-state index < -0.39 is 0 Å². The summed E-state index contributed by atoms with van der Waals surface area (Å²) in [6, 6.07) is 11.9. The van der Waals surface area contributed by atoms with Crippen molar-refractivity contribution in [2.24, 2.45) is 0 Å². The molecule has 5 aromatic rings. The standard InChI is InChI=1S/C34H35N9O3/c1-22-16-23(5-7-28(22)46-26-9-12-41-13-10-35-30(41)17-26)38-33-32-27(36-21-37-33)18-29-34(39-32)42-14-15-43(25(19-42)20-45-29)31(44)8-6-24-4-3-11-40(24)2/h5-10,12-13,16-18,21,24-25H,3-4,11,14-15,19-20H2,1-2H3,(H,36,37,38)/b8-6+/t24-,25+/m1/s1. The predicted molar refractivity (Wildman–Crippen MR) is 175 cm³/mol. The van der Waals surface area contributed by atoms with Crippen molar-refractivity contribution in [3.63, 3.8) is 0 Å². The number of likely N-dealkylation sites (tertiary alicyclic amines) is 1. The van der Waals surface area contributed by atoms with Crippen molar-refractivity contribution in [1.29, 1.82) is 0 Å². The zero-order chi connectivity index (χ0) is 31.2. The first kappa shape index (κ1) is 28.3. The van der Waals surface area contributed by atoms with Gasteiger partial charge in [-0.05, 0) is 63.2 Å². The molecule has 0 spiro atoms. The van der Waals surface area contributed by atoms with Crippen molar-refractivity contribution in [3.8, 4) is 17.2 Å². The second-order valence-corrected chi connectivity index (χ2v) is 12.2. The van der Waals surface area contributed by atoms with E-state index in [1.807, 2.05) is 65.0 Å². The maximum atomic E-state index is 13.2. The van der Waals surface area contributed by atoms with Crippen molar-refractivity contribution in [2.75, 3.05) is 50.1 Å². The SMILES string of the molecule is Cc1cc(Nc2ncnc3cc4c(nc23)N2CCN(C(=O)/C=C/[C@H]3CCCN3C)[C@H](CO4)C2)ccc1Oc1ccn2ccnc2c1. The van der Waals surface area contributed by atoms with Crippen molar-refractivity contribution >= 4 is 39.9 Å². The number of pyridine rings is 2. The molecule has 0 unspecified atom stereocenters. The Morgan fingerprint density at radius 2 is 2.02 bits per heavy atom. The molecule has 1 N–H and O–H groups in total. The number of carbonyl (C=O) groups is 1. The van der Waals surface area contributed by atoms with E-state index in [9.17, 15) is 4.79 Å². The van der Waals surface area contributed by atoms with Crippen LogP contribution in [0, 0.1) is 6.92 Å². The summed E-state index contributed by atoms with van der Waals surface area (Å²) in [6.45, 7) is 5.41. The van der Waals surface area contributed by atoms with Crippen LogP contribution in [0.2, 0.25) is 0 Å². The zero-order valence-corrected chi connectivity index (χ0v) is 25.8. The lowest BCUT2D eigenvalue weighted by atomic mass is 10.1. The molecule has 2 fully saturated rings. The van der Waals surface area contributed by atoms with Crippen LogP contribution in [0.1, 0.15) is 18.4 Å². The highest BCUT2D eigenvalue weighted by Gasteiger charge is 2.35. The van der Waals surface area contributed by atoms with Crippen molar-refractivity contribution in [2.45, 2.75) is 31.8 Å². The molecule has 4 aromatic heterocycles. The van der Waals surface area contributed by atoms with Crippen LogP contribution in [0.15, 0.2) is 73.5 Å².